The first-order valence-corrected chi connectivity index (χ1v) is 6.85. The van der Waals surface area contributed by atoms with E-state index in [9.17, 15) is 4.79 Å². The van der Waals surface area contributed by atoms with Gasteiger partial charge in [-0.3, -0.25) is 4.79 Å². The summed E-state index contributed by atoms with van der Waals surface area (Å²) in [6.45, 7) is 1.71. The van der Waals surface area contributed by atoms with E-state index < -0.39 is 0 Å². The van der Waals surface area contributed by atoms with Gasteiger partial charge in [0.25, 0.3) is 0 Å². The van der Waals surface area contributed by atoms with Crippen LogP contribution in [0.5, 0.6) is 0 Å². The molecule has 1 amide bonds. The van der Waals surface area contributed by atoms with E-state index in [1.807, 2.05) is 29.2 Å². The molecule has 1 aromatic rings. The number of likely N-dealkylation sites (tertiary alicyclic amines) is 1. The number of carbonyl (C=O) groups is 1. The van der Waals surface area contributed by atoms with Crippen molar-refractivity contribution in [2.75, 3.05) is 32.9 Å². The van der Waals surface area contributed by atoms with Gasteiger partial charge in [-0.25, -0.2) is 0 Å². The number of nitrogens with zero attached hydrogens (tertiary/aromatic N) is 2. The molecule has 1 heterocycles. The lowest BCUT2D eigenvalue weighted by Gasteiger charge is -2.35. The smallest absolute Gasteiger partial charge is 0.227 e. The number of anilines is 1. The highest BCUT2D eigenvalue weighted by atomic mass is 16.2. The number of piperidine rings is 1. The molecule has 1 aliphatic heterocycles. The van der Waals surface area contributed by atoms with E-state index in [0.29, 0.717) is 18.2 Å². The Kier molecular flexibility index (Phi) is 4.43. The molecule has 0 radical (unpaired) electrons. The summed E-state index contributed by atoms with van der Waals surface area (Å²) in [4.78, 5) is 16.5. The predicted octanol–water partition coefficient (Wildman–Crippen LogP) is 1.36. The zero-order valence-electron chi connectivity index (χ0n) is 11.8. The van der Waals surface area contributed by atoms with E-state index in [4.69, 9.17) is 5.73 Å². The second-order valence-electron chi connectivity index (χ2n) is 5.45. The number of benzene rings is 1. The third-order valence-electron chi connectivity index (χ3n) is 3.94. The van der Waals surface area contributed by atoms with Gasteiger partial charge in [-0.15, -0.1) is 0 Å². The third kappa shape index (κ3) is 3.47. The van der Waals surface area contributed by atoms with Crippen molar-refractivity contribution >= 4 is 11.6 Å². The molecule has 4 nitrogen and oxygen atoms in total. The molecule has 0 unspecified atom stereocenters. The average Bonchev–Trinajstić information content (AvgIpc) is 2.41. The summed E-state index contributed by atoms with van der Waals surface area (Å²) in [5.41, 5.74) is 7.52. The molecule has 0 atom stereocenters. The van der Waals surface area contributed by atoms with Gasteiger partial charge < -0.3 is 15.5 Å². The maximum Gasteiger partial charge on any atom is 0.227 e. The van der Waals surface area contributed by atoms with Crippen molar-refractivity contribution in [3.8, 4) is 0 Å². The molecule has 0 aromatic heterocycles. The molecule has 1 aliphatic rings. The molecule has 104 valence electrons. The van der Waals surface area contributed by atoms with Crippen molar-refractivity contribution in [3.05, 3.63) is 29.8 Å². The lowest BCUT2D eigenvalue weighted by Crippen LogP contribution is -2.45. The fraction of sp³-hybridized carbons (Fsp3) is 0.533. The fourth-order valence-corrected chi connectivity index (χ4v) is 2.60. The molecule has 1 saturated heterocycles. The van der Waals surface area contributed by atoms with Gasteiger partial charge in [0, 0.05) is 24.8 Å². The summed E-state index contributed by atoms with van der Waals surface area (Å²) in [7, 11) is 4.21. The second-order valence-corrected chi connectivity index (χ2v) is 5.45. The van der Waals surface area contributed by atoms with E-state index in [1.165, 1.54) is 0 Å². The first-order valence-electron chi connectivity index (χ1n) is 6.85. The molecule has 0 saturated carbocycles. The highest BCUT2D eigenvalue weighted by molar-refractivity contribution is 5.80. The molecule has 0 spiro atoms. The van der Waals surface area contributed by atoms with Crippen molar-refractivity contribution in [2.24, 2.45) is 0 Å². The van der Waals surface area contributed by atoms with Crippen LogP contribution in [-0.2, 0) is 11.2 Å². The van der Waals surface area contributed by atoms with E-state index >= 15 is 0 Å². The molecular weight excluding hydrogens is 238 g/mol. The Hall–Kier alpha value is -1.55. The highest BCUT2D eigenvalue weighted by Crippen LogP contribution is 2.17. The van der Waals surface area contributed by atoms with Crippen molar-refractivity contribution in [1.82, 2.24) is 9.80 Å². The van der Waals surface area contributed by atoms with Crippen LogP contribution in [0.1, 0.15) is 18.4 Å². The van der Waals surface area contributed by atoms with Gasteiger partial charge in [-0.1, -0.05) is 18.2 Å². The number of nitrogens with two attached hydrogens (primary N) is 1. The zero-order chi connectivity index (χ0) is 13.8. The first-order chi connectivity index (χ1) is 9.08. The van der Waals surface area contributed by atoms with E-state index in [1.54, 1.807) is 0 Å². The standard InChI is InChI=1S/C15H23N3O/c1-17(2)13-7-9-18(10-8-13)15(19)11-12-5-3-4-6-14(12)16/h3-6,13H,7-11,16H2,1-2H3. The van der Waals surface area contributed by atoms with Crippen LogP contribution in [0, 0.1) is 0 Å². The number of carbonyl (C=O) groups excluding carboxylic acids is 1. The van der Waals surface area contributed by atoms with Crippen molar-refractivity contribution in [1.29, 1.82) is 0 Å². The van der Waals surface area contributed by atoms with Crippen LogP contribution in [0.15, 0.2) is 24.3 Å². The van der Waals surface area contributed by atoms with Crippen molar-refractivity contribution in [3.63, 3.8) is 0 Å². The van der Waals surface area contributed by atoms with Gasteiger partial charge in [0.05, 0.1) is 6.42 Å². The minimum atomic E-state index is 0.190. The van der Waals surface area contributed by atoms with Crippen LogP contribution >= 0.6 is 0 Å². The zero-order valence-corrected chi connectivity index (χ0v) is 11.8. The van der Waals surface area contributed by atoms with Gasteiger partial charge in [0.15, 0.2) is 0 Å². The average molecular weight is 261 g/mol. The molecule has 0 bridgehead atoms. The summed E-state index contributed by atoms with van der Waals surface area (Å²) < 4.78 is 0. The maximum absolute atomic E-state index is 12.3. The Balaban J connectivity index is 1.90. The number of hydrogen-bond donors (Lipinski definition) is 1. The molecule has 4 heteroatoms. The largest absolute Gasteiger partial charge is 0.398 e. The summed E-state index contributed by atoms with van der Waals surface area (Å²) in [6, 6.07) is 8.20. The first kappa shape index (κ1) is 13.9. The molecule has 1 fully saturated rings. The van der Waals surface area contributed by atoms with Crippen LogP contribution in [-0.4, -0.2) is 48.9 Å². The van der Waals surface area contributed by atoms with Crippen LogP contribution in [0.2, 0.25) is 0 Å². The second kappa shape index (κ2) is 6.06. The highest BCUT2D eigenvalue weighted by Gasteiger charge is 2.23. The number of para-hydroxylation sites is 1. The van der Waals surface area contributed by atoms with Crippen LogP contribution in [0.3, 0.4) is 0 Å². The normalized spacial score (nSPS) is 16.9. The number of rotatable bonds is 3. The lowest BCUT2D eigenvalue weighted by atomic mass is 10.0. The molecular formula is C15H23N3O. The van der Waals surface area contributed by atoms with Gasteiger partial charge in [-0.2, -0.15) is 0 Å². The minimum Gasteiger partial charge on any atom is -0.398 e. The Morgan fingerprint density at radius 2 is 1.95 bits per heavy atom. The summed E-state index contributed by atoms with van der Waals surface area (Å²) in [5, 5.41) is 0. The summed E-state index contributed by atoms with van der Waals surface area (Å²) >= 11 is 0. The monoisotopic (exact) mass is 261 g/mol. The summed E-state index contributed by atoms with van der Waals surface area (Å²) in [5.74, 6) is 0.190. The molecule has 2 N–H and O–H groups in total. The Morgan fingerprint density at radius 3 is 2.53 bits per heavy atom. The predicted molar refractivity (Wildman–Crippen MR) is 77.8 cm³/mol. The van der Waals surface area contributed by atoms with E-state index in [2.05, 4.69) is 19.0 Å². The van der Waals surface area contributed by atoms with E-state index in [-0.39, 0.29) is 5.91 Å². The van der Waals surface area contributed by atoms with Crippen LogP contribution < -0.4 is 5.73 Å². The molecule has 19 heavy (non-hydrogen) atoms. The van der Waals surface area contributed by atoms with Crippen LogP contribution in [0.25, 0.3) is 0 Å². The van der Waals surface area contributed by atoms with Gasteiger partial charge >= 0.3 is 0 Å². The van der Waals surface area contributed by atoms with Gasteiger partial charge in [-0.05, 0) is 38.6 Å². The number of hydrogen-bond acceptors (Lipinski definition) is 3. The van der Waals surface area contributed by atoms with Gasteiger partial charge in [0.2, 0.25) is 5.91 Å². The fourth-order valence-electron chi connectivity index (χ4n) is 2.60. The number of nitrogen functional groups attached to an aromatic ring is 1. The topological polar surface area (TPSA) is 49.6 Å². The molecule has 0 aliphatic carbocycles. The molecule has 2 rings (SSSR count). The SMILES string of the molecule is CN(C)C1CCN(C(=O)Cc2ccccc2N)CC1. The van der Waals surface area contributed by atoms with Crippen molar-refractivity contribution < 1.29 is 4.79 Å². The Labute approximate surface area is 115 Å². The maximum atomic E-state index is 12.3. The Morgan fingerprint density at radius 1 is 1.32 bits per heavy atom. The lowest BCUT2D eigenvalue weighted by molar-refractivity contribution is -0.131. The number of amides is 1. The van der Waals surface area contributed by atoms with Crippen molar-refractivity contribution in [2.45, 2.75) is 25.3 Å². The Bertz CT molecular complexity index is 437. The minimum absolute atomic E-state index is 0.190. The third-order valence-corrected chi connectivity index (χ3v) is 3.94. The molecule has 1 aromatic carbocycles. The quantitative estimate of drug-likeness (QED) is 0.836. The van der Waals surface area contributed by atoms with Crippen LogP contribution in [0.4, 0.5) is 5.69 Å². The van der Waals surface area contributed by atoms with Gasteiger partial charge in [0.1, 0.15) is 0 Å². The van der Waals surface area contributed by atoms with E-state index in [0.717, 1.165) is 31.5 Å². The summed E-state index contributed by atoms with van der Waals surface area (Å²) in [6.07, 6.45) is 2.53.